The van der Waals surface area contributed by atoms with Crippen molar-refractivity contribution in [1.82, 2.24) is 0 Å². The Morgan fingerprint density at radius 3 is 2.26 bits per heavy atom. The van der Waals surface area contributed by atoms with Crippen LogP contribution in [0.25, 0.3) is 5.57 Å². The van der Waals surface area contributed by atoms with Gasteiger partial charge in [0.05, 0.1) is 18.2 Å². The molecule has 0 radical (unpaired) electrons. The smallest absolute Gasteiger partial charge is 0.108 e. The zero-order valence-corrected chi connectivity index (χ0v) is 20.6. The normalized spacial score (nSPS) is 12.0. The molecule has 0 fully saturated rings. The van der Waals surface area contributed by atoms with Crippen LogP contribution in [0.1, 0.15) is 55.7 Å². The van der Waals surface area contributed by atoms with Gasteiger partial charge in [0.2, 0.25) is 0 Å². The van der Waals surface area contributed by atoms with E-state index >= 15 is 0 Å². The second-order valence-electron chi connectivity index (χ2n) is 8.64. The Bertz CT molecular complexity index is 1160. The zero-order valence-electron chi connectivity index (χ0n) is 20.6. The SMILES string of the molecule is CCCCN(CCOCCCCCc1ccc(C2=C=C=C(C#N)C=C2)cc1)c1ccc(C#N)cc1. The highest BCUT2D eigenvalue weighted by atomic mass is 16.5. The molecule has 0 saturated heterocycles. The Labute approximate surface area is 209 Å². The van der Waals surface area contributed by atoms with Crippen molar-refractivity contribution in [3.63, 3.8) is 0 Å². The molecule has 0 aliphatic heterocycles. The van der Waals surface area contributed by atoms with E-state index < -0.39 is 0 Å². The van der Waals surface area contributed by atoms with Crippen LogP contribution in [0, 0.1) is 22.7 Å². The molecule has 0 unspecified atom stereocenters. The summed E-state index contributed by atoms with van der Waals surface area (Å²) in [5, 5.41) is 17.9. The van der Waals surface area contributed by atoms with Crippen molar-refractivity contribution in [2.24, 2.45) is 0 Å². The third-order valence-corrected chi connectivity index (χ3v) is 6.04. The summed E-state index contributed by atoms with van der Waals surface area (Å²) in [4.78, 5) is 2.35. The van der Waals surface area contributed by atoms with Crippen LogP contribution in [0.5, 0.6) is 0 Å². The number of benzene rings is 2. The lowest BCUT2D eigenvalue weighted by molar-refractivity contribution is 0.135. The number of allylic oxidation sites excluding steroid dienone is 4. The Morgan fingerprint density at radius 1 is 0.800 bits per heavy atom. The van der Waals surface area contributed by atoms with E-state index in [0.717, 1.165) is 81.7 Å². The average Bonchev–Trinajstić information content (AvgIpc) is 2.92. The van der Waals surface area contributed by atoms with Crippen LogP contribution in [-0.4, -0.2) is 26.3 Å². The van der Waals surface area contributed by atoms with Crippen molar-refractivity contribution in [3.8, 4) is 12.1 Å². The number of nitriles is 2. The molecule has 0 N–H and O–H groups in total. The molecule has 0 atom stereocenters. The fourth-order valence-electron chi connectivity index (χ4n) is 3.92. The maximum absolute atomic E-state index is 9.01. The van der Waals surface area contributed by atoms with Crippen LogP contribution >= 0.6 is 0 Å². The Balaban J connectivity index is 1.33. The molecule has 4 heteroatoms. The van der Waals surface area contributed by atoms with E-state index in [1.165, 1.54) is 5.56 Å². The number of nitrogens with zero attached hydrogens (tertiary/aromatic N) is 3. The lowest BCUT2D eigenvalue weighted by Crippen LogP contribution is -2.28. The third-order valence-electron chi connectivity index (χ3n) is 6.04. The first-order valence-electron chi connectivity index (χ1n) is 12.5. The van der Waals surface area contributed by atoms with Crippen molar-refractivity contribution in [2.45, 2.75) is 45.4 Å². The predicted molar refractivity (Wildman–Crippen MR) is 142 cm³/mol. The fraction of sp³-hybridized carbons (Fsp3) is 0.355. The molecule has 0 aromatic heterocycles. The first-order chi connectivity index (χ1) is 17.2. The average molecular weight is 464 g/mol. The van der Waals surface area contributed by atoms with Gasteiger partial charge in [-0.2, -0.15) is 10.5 Å². The lowest BCUT2D eigenvalue weighted by atomic mass is 10.00. The molecule has 0 amide bonds. The summed E-state index contributed by atoms with van der Waals surface area (Å²) in [6, 6.07) is 20.7. The van der Waals surface area contributed by atoms with E-state index in [9.17, 15) is 0 Å². The van der Waals surface area contributed by atoms with Gasteiger partial charge in [-0.15, -0.1) is 0 Å². The number of hydrogen-bond acceptors (Lipinski definition) is 4. The minimum absolute atomic E-state index is 0.509. The van der Waals surface area contributed by atoms with Crippen LogP contribution in [0.15, 0.2) is 77.7 Å². The molecule has 2 aromatic rings. The van der Waals surface area contributed by atoms with Gasteiger partial charge in [-0.3, -0.25) is 0 Å². The number of rotatable bonds is 14. The van der Waals surface area contributed by atoms with Crippen molar-refractivity contribution in [1.29, 1.82) is 10.5 Å². The second kappa shape index (κ2) is 14.5. The van der Waals surface area contributed by atoms with E-state index in [1.807, 2.05) is 30.3 Å². The molecule has 4 nitrogen and oxygen atoms in total. The molecule has 1 aliphatic rings. The summed E-state index contributed by atoms with van der Waals surface area (Å²) in [5.41, 5.74) is 11.7. The minimum atomic E-state index is 0.509. The van der Waals surface area contributed by atoms with E-state index in [2.05, 4.69) is 59.7 Å². The Kier molecular flexibility index (Phi) is 10.7. The summed E-state index contributed by atoms with van der Waals surface area (Å²) in [6.07, 6.45) is 10.4. The van der Waals surface area contributed by atoms with Gasteiger partial charge in [-0.05, 0) is 73.2 Å². The predicted octanol–water partition coefficient (Wildman–Crippen LogP) is 6.75. The number of hydrogen-bond donors (Lipinski definition) is 0. The number of aryl methyl sites for hydroxylation is 1. The monoisotopic (exact) mass is 463 g/mol. The Morgan fingerprint density at radius 2 is 1.60 bits per heavy atom. The summed E-state index contributed by atoms with van der Waals surface area (Å²) in [7, 11) is 0. The lowest BCUT2D eigenvalue weighted by Gasteiger charge is -2.24. The molecule has 0 bridgehead atoms. The van der Waals surface area contributed by atoms with Crippen molar-refractivity contribution < 1.29 is 4.74 Å². The van der Waals surface area contributed by atoms with Gasteiger partial charge in [0.25, 0.3) is 0 Å². The highest BCUT2D eigenvalue weighted by Crippen LogP contribution is 2.19. The van der Waals surface area contributed by atoms with Crippen molar-refractivity contribution in [3.05, 3.63) is 94.4 Å². The molecule has 178 valence electrons. The molecular formula is C31H33N3O. The van der Waals surface area contributed by atoms with Crippen LogP contribution < -0.4 is 4.90 Å². The first-order valence-corrected chi connectivity index (χ1v) is 12.5. The van der Waals surface area contributed by atoms with Crippen LogP contribution in [0.3, 0.4) is 0 Å². The fourth-order valence-corrected chi connectivity index (χ4v) is 3.92. The van der Waals surface area contributed by atoms with Gasteiger partial charge in [0, 0.05) is 31.0 Å². The minimum Gasteiger partial charge on any atom is -0.380 e. The third kappa shape index (κ3) is 8.50. The van der Waals surface area contributed by atoms with Crippen molar-refractivity contribution in [2.75, 3.05) is 31.2 Å². The quantitative estimate of drug-likeness (QED) is 0.230. The van der Waals surface area contributed by atoms with Crippen LogP contribution in [0.2, 0.25) is 0 Å². The molecule has 1 aliphatic carbocycles. The molecule has 0 saturated carbocycles. The molecule has 3 rings (SSSR count). The summed E-state index contributed by atoms with van der Waals surface area (Å²) < 4.78 is 5.92. The molecule has 2 aromatic carbocycles. The number of unbranched alkanes of at least 4 members (excludes halogenated alkanes) is 3. The number of ether oxygens (including phenoxy) is 1. The molecule has 0 heterocycles. The van der Waals surface area contributed by atoms with Crippen LogP contribution in [0.4, 0.5) is 5.69 Å². The highest BCUT2D eigenvalue weighted by molar-refractivity contribution is 5.75. The zero-order chi connectivity index (χ0) is 24.7. The van der Waals surface area contributed by atoms with Gasteiger partial charge in [-0.1, -0.05) is 55.5 Å². The summed E-state index contributed by atoms with van der Waals surface area (Å²) in [5.74, 6) is 0. The summed E-state index contributed by atoms with van der Waals surface area (Å²) in [6.45, 7) is 5.58. The highest BCUT2D eigenvalue weighted by Gasteiger charge is 2.06. The maximum atomic E-state index is 9.01. The van der Waals surface area contributed by atoms with E-state index in [1.54, 1.807) is 6.08 Å². The van der Waals surface area contributed by atoms with Gasteiger partial charge in [0.15, 0.2) is 0 Å². The van der Waals surface area contributed by atoms with Crippen LogP contribution in [-0.2, 0) is 11.2 Å². The summed E-state index contributed by atoms with van der Waals surface area (Å²) >= 11 is 0. The topological polar surface area (TPSA) is 60.0 Å². The second-order valence-corrected chi connectivity index (χ2v) is 8.64. The van der Waals surface area contributed by atoms with Gasteiger partial charge < -0.3 is 9.64 Å². The Hall–Kier alpha value is -3.78. The molecule has 0 spiro atoms. The first kappa shape index (κ1) is 25.8. The van der Waals surface area contributed by atoms with E-state index in [4.69, 9.17) is 15.3 Å². The van der Waals surface area contributed by atoms with E-state index in [0.29, 0.717) is 11.1 Å². The number of anilines is 1. The van der Waals surface area contributed by atoms with Gasteiger partial charge in [-0.25, -0.2) is 0 Å². The van der Waals surface area contributed by atoms with Gasteiger partial charge >= 0.3 is 0 Å². The van der Waals surface area contributed by atoms with Gasteiger partial charge in [0.1, 0.15) is 11.6 Å². The van der Waals surface area contributed by atoms with E-state index in [-0.39, 0.29) is 0 Å². The van der Waals surface area contributed by atoms with Crippen molar-refractivity contribution >= 4 is 11.3 Å². The standard InChI is InChI=1S/C31H33N3O/c1-2-3-20-34(31-18-12-28(25-33)13-19-31)21-23-35-22-6-4-5-7-26-8-14-29(15-9-26)30-16-10-27(24-32)11-17-30/h8-10,12-16,18-19H,2-7,20-23H2,1H3. The molecule has 35 heavy (non-hydrogen) atoms. The maximum Gasteiger partial charge on any atom is 0.108 e. The largest absolute Gasteiger partial charge is 0.380 e. The molecular weight excluding hydrogens is 430 g/mol.